The topological polar surface area (TPSA) is 84.8 Å². The number of carbonyl (C=O) groups is 1. The molecule has 1 amide bonds. The summed E-state index contributed by atoms with van der Waals surface area (Å²) in [5, 5.41) is 11.4. The predicted molar refractivity (Wildman–Crippen MR) is 123 cm³/mol. The highest BCUT2D eigenvalue weighted by Crippen LogP contribution is 2.44. The third-order valence-electron chi connectivity index (χ3n) is 5.49. The van der Waals surface area contributed by atoms with Gasteiger partial charge in [0.2, 0.25) is 11.0 Å². The fraction of sp³-hybridized carbons (Fsp3) is 0.333. The molecule has 0 atom stereocenters. The summed E-state index contributed by atoms with van der Waals surface area (Å²) in [5.74, 6) is 0.699. The van der Waals surface area contributed by atoms with E-state index in [1.54, 1.807) is 35.6 Å². The second-order valence-corrected chi connectivity index (χ2v) is 11.0. The Balaban J connectivity index is 1.42. The number of aryl methyl sites for hydroxylation is 2. The fourth-order valence-electron chi connectivity index (χ4n) is 3.96. The summed E-state index contributed by atoms with van der Waals surface area (Å²) >= 11 is 4.75. The minimum Gasteiger partial charge on any atom is -0.284 e. The minimum atomic E-state index is 0.0224. The first kappa shape index (κ1) is 19.3. The molecule has 0 saturated heterocycles. The number of aromatic nitrogens is 5. The number of hydrogen-bond donors (Lipinski definition) is 0. The quantitative estimate of drug-likeness (QED) is 0.310. The Hall–Kier alpha value is -2.43. The van der Waals surface area contributed by atoms with E-state index in [2.05, 4.69) is 15.2 Å². The number of amides is 1. The maximum absolute atomic E-state index is 12.1. The van der Waals surface area contributed by atoms with Crippen LogP contribution >= 0.6 is 34.4 Å². The van der Waals surface area contributed by atoms with E-state index in [1.807, 2.05) is 12.1 Å². The van der Waals surface area contributed by atoms with Crippen LogP contribution in [0.2, 0.25) is 0 Å². The lowest BCUT2D eigenvalue weighted by Gasteiger charge is -2.15. The molecular formula is C21H18N6OS3. The van der Waals surface area contributed by atoms with E-state index in [1.165, 1.54) is 40.0 Å². The first-order chi connectivity index (χ1) is 15.2. The van der Waals surface area contributed by atoms with Gasteiger partial charge < -0.3 is 0 Å². The van der Waals surface area contributed by atoms with Gasteiger partial charge in [-0.3, -0.25) is 14.7 Å². The number of anilines is 1. The van der Waals surface area contributed by atoms with Gasteiger partial charge in [0.1, 0.15) is 9.86 Å². The van der Waals surface area contributed by atoms with Crippen LogP contribution in [0.15, 0.2) is 33.9 Å². The van der Waals surface area contributed by atoms with E-state index < -0.39 is 0 Å². The van der Waals surface area contributed by atoms with Crippen molar-refractivity contribution in [3.05, 3.63) is 35.0 Å². The average molecular weight is 467 g/mol. The first-order valence-corrected chi connectivity index (χ1v) is 12.7. The van der Waals surface area contributed by atoms with Gasteiger partial charge in [0.05, 0.1) is 0 Å². The highest BCUT2D eigenvalue weighted by atomic mass is 32.2. The summed E-state index contributed by atoms with van der Waals surface area (Å²) in [6, 6.07) is 4.15. The molecule has 2 aliphatic carbocycles. The Morgan fingerprint density at radius 2 is 2.10 bits per heavy atom. The number of carbonyl (C=O) groups excluding carboxylic acids is 1. The van der Waals surface area contributed by atoms with Crippen molar-refractivity contribution in [1.82, 2.24) is 25.1 Å². The van der Waals surface area contributed by atoms with Crippen molar-refractivity contribution in [2.24, 2.45) is 0 Å². The van der Waals surface area contributed by atoms with Gasteiger partial charge in [0.25, 0.3) is 0 Å². The third-order valence-corrected chi connectivity index (χ3v) is 8.64. The van der Waals surface area contributed by atoms with Crippen LogP contribution in [-0.2, 0) is 17.6 Å². The zero-order valence-corrected chi connectivity index (χ0v) is 19.2. The fourth-order valence-corrected chi connectivity index (χ4v) is 7.31. The standard InChI is InChI=1S/C21H18N6OS3/c1-11(28)27(13-7-8-13)20-25-26-21(31-20)30-19-16-14-5-2-6-15(14)29-18(16)23-17(24-19)12-4-3-9-22-10-12/h3-4,9-10,13H,2,5-8H2,1H3. The molecule has 7 nitrogen and oxygen atoms in total. The van der Waals surface area contributed by atoms with E-state index >= 15 is 0 Å². The Morgan fingerprint density at radius 1 is 1.19 bits per heavy atom. The van der Waals surface area contributed by atoms with E-state index in [4.69, 9.17) is 9.97 Å². The van der Waals surface area contributed by atoms with Gasteiger partial charge in [-0.25, -0.2) is 9.97 Å². The molecule has 1 saturated carbocycles. The van der Waals surface area contributed by atoms with Crippen LogP contribution in [0.25, 0.3) is 21.6 Å². The normalized spacial score (nSPS) is 15.4. The number of nitrogens with zero attached hydrogens (tertiary/aromatic N) is 6. The number of hydrogen-bond acceptors (Lipinski definition) is 9. The summed E-state index contributed by atoms with van der Waals surface area (Å²) < 4.78 is 0.789. The smallest absolute Gasteiger partial charge is 0.225 e. The Kier molecular flexibility index (Phi) is 4.73. The van der Waals surface area contributed by atoms with Crippen molar-refractivity contribution in [2.75, 3.05) is 4.90 Å². The number of pyridine rings is 1. The second kappa shape index (κ2) is 7.61. The molecule has 0 unspecified atom stereocenters. The van der Waals surface area contributed by atoms with Crippen molar-refractivity contribution < 1.29 is 4.79 Å². The summed E-state index contributed by atoms with van der Waals surface area (Å²) in [4.78, 5) is 30.3. The molecule has 0 N–H and O–H groups in total. The molecule has 10 heteroatoms. The Bertz CT molecular complexity index is 1300. The molecule has 0 bridgehead atoms. The van der Waals surface area contributed by atoms with E-state index in [0.717, 1.165) is 50.8 Å². The monoisotopic (exact) mass is 466 g/mol. The molecule has 6 rings (SSSR count). The van der Waals surface area contributed by atoms with Gasteiger partial charge in [0.15, 0.2) is 10.2 Å². The van der Waals surface area contributed by atoms with Gasteiger partial charge in [-0.2, -0.15) is 0 Å². The molecular weight excluding hydrogens is 448 g/mol. The lowest BCUT2D eigenvalue weighted by atomic mass is 10.2. The van der Waals surface area contributed by atoms with Gasteiger partial charge in [0, 0.05) is 41.2 Å². The number of fused-ring (bicyclic) bond motifs is 3. The second-order valence-electron chi connectivity index (χ2n) is 7.70. The molecule has 156 valence electrons. The minimum absolute atomic E-state index is 0.0224. The van der Waals surface area contributed by atoms with Crippen molar-refractivity contribution in [2.45, 2.75) is 54.4 Å². The molecule has 0 aliphatic heterocycles. The van der Waals surface area contributed by atoms with Crippen LogP contribution in [-0.4, -0.2) is 37.1 Å². The van der Waals surface area contributed by atoms with Crippen molar-refractivity contribution in [3.8, 4) is 11.4 Å². The van der Waals surface area contributed by atoms with Gasteiger partial charge in [-0.05, 0) is 61.6 Å². The van der Waals surface area contributed by atoms with Crippen LogP contribution in [0.3, 0.4) is 0 Å². The van der Waals surface area contributed by atoms with Crippen molar-refractivity contribution in [1.29, 1.82) is 0 Å². The molecule has 31 heavy (non-hydrogen) atoms. The first-order valence-electron chi connectivity index (χ1n) is 10.2. The Morgan fingerprint density at radius 3 is 2.87 bits per heavy atom. The molecule has 0 radical (unpaired) electrons. The van der Waals surface area contributed by atoms with Crippen LogP contribution in [0.4, 0.5) is 5.13 Å². The maximum Gasteiger partial charge on any atom is 0.225 e. The predicted octanol–water partition coefficient (Wildman–Crippen LogP) is 4.76. The zero-order chi connectivity index (χ0) is 20.9. The Labute approximate surface area is 191 Å². The number of rotatable bonds is 5. The van der Waals surface area contributed by atoms with E-state index in [-0.39, 0.29) is 11.9 Å². The molecule has 1 fully saturated rings. The lowest BCUT2D eigenvalue weighted by Crippen LogP contribution is -2.30. The highest BCUT2D eigenvalue weighted by Gasteiger charge is 2.34. The van der Waals surface area contributed by atoms with Gasteiger partial charge in [-0.1, -0.05) is 11.3 Å². The molecule has 0 spiro atoms. The van der Waals surface area contributed by atoms with E-state index in [0.29, 0.717) is 11.0 Å². The highest BCUT2D eigenvalue weighted by molar-refractivity contribution is 8.01. The average Bonchev–Trinajstić information content (AvgIpc) is 3.15. The van der Waals surface area contributed by atoms with Crippen molar-refractivity contribution in [3.63, 3.8) is 0 Å². The molecule has 2 aliphatic rings. The van der Waals surface area contributed by atoms with Crippen molar-refractivity contribution >= 4 is 55.7 Å². The molecule has 4 heterocycles. The van der Waals surface area contributed by atoms with Gasteiger partial charge in [-0.15, -0.1) is 21.5 Å². The summed E-state index contributed by atoms with van der Waals surface area (Å²) in [6.07, 6.45) is 8.97. The van der Waals surface area contributed by atoms with Crippen LogP contribution in [0.1, 0.15) is 36.6 Å². The zero-order valence-electron chi connectivity index (χ0n) is 16.7. The molecule has 4 aromatic rings. The van der Waals surface area contributed by atoms with Crippen LogP contribution in [0, 0.1) is 0 Å². The molecule has 0 aromatic carbocycles. The summed E-state index contributed by atoms with van der Waals surface area (Å²) in [6.45, 7) is 1.59. The number of thiophene rings is 1. The largest absolute Gasteiger partial charge is 0.284 e. The van der Waals surface area contributed by atoms with E-state index in [9.17, 15) is 4.79 Å². The maximum atomic E-state index is 12.1. The summed E-state index contributed by atoms with van der Waals surface area (Å²) in [7, 11) is 0. The SMILES string of the molecule is CC(=O)N(c1nnc(Sc2nc(-c3cccnc3)nc3sc4c(c23)CCC4)s1)C1CC1. The van der Waals surface area contributed by atoms with Crippen LogP contribution < -0.4 is 4.90 Å². The lowest BCUT2D eigenvalue weighted by molar-refractivity contribution is -0.116. The van der Waals surface area contributed by atoms with Gasteiger partial charge >= 0.3 is 0 Å². The molecule has 4 aromatic heterocycles. The van der Waals surface area contributed by atoms with Crippen LogP contribution in [0.5, 0.6) is 0 Å². The third kappa shape index (κ3) is 3.52. The summed E-state index contributed by atoms with van der Waals surface area (Å²) in [5.41, 5.74) is 2.28.